The third-order valence-corrected chi connectivity index (χ3v) is 3.82. The molecule has 2 aromatic rings. The first kappa shape index (κ1) is 15.0. The van der Waals surface area contributed by atoms with Crippen LogP contribution in [0.4, 0.5) is 4.39 Å². The van der Waals surface area contributed by atoms with Crippen LogP contribution in [0.15, 0.2) is 18.2 Å². The maximum Gasteiger partial charge on any atom is 0.171 e. The topological polar surface area (TPSA) is 34.9 Å². The largest absolute Gasteiger partial charge is 0.294 e. The predicted molar refractivity (Wildman–Crippen MR) is 77.1 cm³/mol. The summed E-state index contributed by atoms with van der Waals surface area (Å²) in [5.41, 5.74) is 1.22. The van der Waals surface area contributed by atoms with Gasteiger partial charge in [-0.15, -0.1) is 0 Å². The van der Waals surface area contributed by atoms with Crippen molar-refractivity contribution in [2.24, 2.45) is 0 Å². The van der Waals surface area contributed by atoms with Crippen LogP contribution in [-0.4, -0.2) is 15.6 Å². The number of hydrogen-bond acceptors (Lipinski definition) is 2. The van der Waals surface area contributed by atoms with Gasteiger partial charge in [-0.2, -0.15) is 5.10 Å². The molecular formula is C14H13Cl2FN2O. The Labute approximate surface area is 126 Å². The summed E-state index contributed by atoms with van der Waals surface area (Å²) in [7, 11) is 0. The van der Waals surface area contributed by atoms with Crippen LogP contribution in [-0.2, 0) is 13.0 Å². The number of nitrogens with zero attached hydrogens (tertiary/aromatic N) is 2. The van der Waals surface area contributed by atoms with Crippen LogP contribution in [0.2, 0.25) is 10.0 Å². The Kier molecular flexibility index (Phi) is 4.45. The van der Waals surface area contributed by atoms with Gasteiger partial charge in [-0.25, -0.2) is 4.39 Å². The number of hydrogen-bond donors (Lipinski definition) is 0. The van der Waals surface area contributed by atoms with Gasteiger partial charge < -0.3 is 0 Å². The first-order valence-corrected chi connectivity index (χ1v) is 6.90. The highest BCUT2D eigenvalue weighted by Crippen LogP contribution is 2.24. The summed E-state index contributed by atoms with van der Waals surface area (Å²) in [6.45, 7) is 4.26. The molecule has 0 aliphatic rings. The van der Waals surface area contributed by atoms with E-state index in [2.05, 4.69) is 5.10 Å². The minimum atomic E-state index is -0.699. The maximum atomic E-state index is 13.8. The fraction of sp³-hybridized carbons (Fsp3) is 0.286. The van der Waals surface area contributed by atoms with Crippen molar-refractivity contribution in [3.05, 3.63) is 51.0 Å². The van der Waals surface area contributed by atoms with Crippen LogP contribution >= 0.6 is 23.2 Å². The molecule has 0 fully saturated rings. The summed E-state index contributed by atoms with van der Waals surface area (Å²) in [4.78, 5) is 12.2. The Balaban J connectivity index is 2.35. The predicted octanol–water partition coefficient (Wildman–Crippen LogP) is 4.08. The Morgan fingerprint density at radius 2 is 2.10 bits per heavy atom. The van der Waals surface area contributed by atoms with Crippen molar-refractivity contribution in [3.63, 3.8) is 0 Å². The number of ketones is 1. The van der Waals surface area contributed by atoms with E-state index < -0.39 is 5.82 Å². The second-order valence-corrected chi connectivity index (χ2v) is 5.15. The molecule has 0 aliphatic carbocycles. The lowest BCUT2D eigenvalue weighted by atomic mass is 10.1. The Morgan fingerprint density at radius 1 is 1.40 bits per heavy atom. The van der Waals surface area contributed by atoms with Gasteiger partial charge in [-0.1, -0.05) is 29.3 Å². The highest BCUT2D eigenvalue weighted by atomic mass is 35.5. The Morgan fingerprint density at radius 3 is 2.75 bits per heavy atom. The summed E-state index contributed by atoms with van der Waals surface area (Å²) in [6.07, 6.45) is -0.00915. The number of carbonyl (C=O) groups is 1. The molecule has 0 atom stereocenters. The van der Waals surface area contributed by atoms with Gasteiger partial charge in [0.25, 0.3) is 0 Å². The van der Waals surface area contributed by atoms with Gasteiger partial charge in [0.05, 0.1) is 33.4 Å². The smallest absolute Gasteiger partial charge is 0.171 e. The minimum Gasteiger partial charge on any atom is -0.294 e. The number of aryl methyl sites for hydroxylation is 2. The molecule has 1 aromatic carbocycles. The third-order valence-electron chi connectivity index (χ3n) is 3.03. The fourth-order valence-electron chi connectivity index (χ4n) is 2.00. The lowest BCUT2D eigenvalue weighted by Gasteiger charge is -2.06. The summed E-state index contributed by atoms with van der Waals surface area (Å²) >= 11 is 11.8. The number of Topliss-reactive ketones (excluding diaryl/α,β-unsaturated/α-hetero) is 1. The number of carbonyl (C=O) groups excluding carboxylic acids is 1. The van der Waals surface area contributed by atoms with Gasteiger partial charge in [0.1, 0.15) is 0 Å². The van der Waals surface area contributed by atoms with Crippen LogP contribution in [0, 0.1) is 12.7 Å². The average Bonchev–Trinajstić information content (AvgIpc) is 2.69. The van der Waals surface area contributed by atoms with Crippen molar-refractivity contribution in [1.82, 2.24) is 9.78 Å². The van der Waals surface area contributed by atoms with Gasteiger partial charge in [0.15, 0.2) is 11.6 Å². The molecule has 20 heavy (non-hydrogen) atoms. The molecule has 0 aliphatic heterocycles. The second kappa shape index (κ2) is 5.94. The first-order chi connectivity index (χ1) is 9.45. The number of halogens is 3. The molecule has 1 heterocycles. The van der Waals surface area contributed by atoms with Gasteiger partial charge in [0.2, 0.25) is 0 Å². The van der Waals surface area contributed by atoms with Gasteiger partial charge in [-0.3, -0.25) is 9.48 Å². The summed E-state index contributed by atoms with van der Waals surface area (Å²) in [5, 5.41) is 4.61. The van der Waals surface area contributed by atoms with Crippen molar-refractivity contribution in [2.45, 2.75) is 26.8 Å². The molecule has 0 N–H and O–H groups in total. The lowest BCUT2D eigenvalue weighted by Crippen LogP contribution is -2.11. The van der Waals surface area contributed by atoms with E-state index in [9.17, 15) is 9.18 Å². The first-order valence-electron chi connectivity index (χ1n) is 6.14. The molecular weight excluding hydrogens is 302 g/mol. The zero-order valence-corrected chi connectivity index (χ0v) is 12.6. The fourth-order valence-corrected chi connectivity index (χ4v) is 2.38. The van der Waals surface area contributed by atoms with E-state index in [0.717, 1.165) is 0 Å². The summed E-state index contributed by atoms with van der Waals surface area (Å²) in [5.74, 6) is -1.07. The molecule has 106 valence electrons. The molecule has 0 bridgehead atoms. The van der Waals surface area contributed by atoms with E-state index in [1.54, 1.807) is 17.7 Å². The third kappa shape index (κ3) is 2.72. The van der Waals surface area contributed by atoms with E-state index in [4.69, 9.17) is 23.2 Å². The van der Waals surface area contributed by atoms with Crippen LogP contribution in [0.1, 0.15) is 28.7 Å². The normalized spacial score (nSPS) is 10.8. The van der Waals surface area contributed by atoms with Gasteiger partial charge in [0, 0.05) is 6.54 Å². The maximum absolute atomic E-state index is 13.8. The molecule has 0 radical (unpaired) electrons. The Hall–Kier alpha value is -1.39. The molecule has 3 nitrogen and oxygen atoms in total. The molecule has 0 saturated heterocycles. The molecule has 0 amide bonds. The van der Waals surface area contributed by atoms with Crippen molar-refractivity contribution >= 4 is 29.0 Å². The zero-order chi connectivity index (χ0) is 14.9. The molecule has 0 saturated carbocycles. The molecule has 6 heteroatoms. The standard InChI is InChI=1S/C14H13Cl2FN2O/c1-3-19-11(13(16)8(2)18-19)7-12(20)9-5-4-6-10(15)14(9)17/h4-6H,3,7H2,1-2H3. The lowest BCUT2D eigenvalue weighted by molar-refractivity contribution is 0.0986. The van der Waals surface area contributed by atoms with Gasteiger partial charge in [-0.05, 0) is 26.0 Å². The van der Waals surface area contributed by atoms with Crippen LogP contribution in [0.25, 0.3) is 0 Å². The number of rotatable bonds is 4. The van der Waals surface area contributed by atoms with E-state index in [-0.39, 0.29) is 22.8 Å². The summed E-state index contributed by atoms with van der Waals surface area (Å²) in [6, 6.07) is 4.36. The van der Waals surface area contributed by atoms with E-state index in [1.165, 1.54) is 12.1 Å². The number of benzene rings is 1. The Bertz CT molecular complexity index is 667. The molecule has 0 spiro atoms. The van der Waals surface area contributed by atoms with E-state index in [1.807, 2.05) is 6.92 Å². The second-order valence-electron chi connectivity index (χ2n) is 4.36. The molecule has 0 unspecified atom stereocenters. The van der Waals surface area contributed by atoms with Crippen molar-refractivity contribution in [3.8, 4) is 0 Å². The highest BCUT2D eigenvalue weighted by molar-refractivity contribution is 6.32. The van der Waals surface area contributed by atoms with Crippen molar-refractivity contribution in [1.29, 1.82) is 0 Å². The molecule has 1 aromatic heterocycles. The zero-order valence-electron chi connectivity index (χ0n) is 11.1. The average molecular weight is 315 g/mol. The number of aromatic nitrogens is 2. The van der Waals surface area contributed by atoms with Crippen molar-refractivity contribution < 1.29 is 9.18 Å². The van der Waals surface area contributed by atoms with Crippen LogP contribution < -0.4 is 0 Å². The molecule has 2 rings (SSSR count). The van der Waals surface area contributed by atoms with E-state index >= 15 is 0 Å². The van der Waals surface area contributed by atoms with Gasteiger partial charge >= 0.3 is 0 Å². The van der Waals surface area contributed by atoms with Crippen LogP contribution in [0.5, 0.6) is 0 Å². The monoisotopic (exact) mass is 314 g/mol. The minimum absolute atomic E-state index is 0.00915. The highest BCUT2D eigenvalue weighted by Gasteiger charge is 2.20. The summed E-state index contributed by atoms with van der Waals surface area (Å²) < 4.78 is 15.5. The SMILES string of the molecule is CCn1nc(C)c(Cl)c1CC(=O)c1cccc(Cl)c1F. The van der Waals surface area contributed by atoms with E-state index in [0.29, 0.717) is 23.0 Å². The van der Waals surface area contributed by atoms with Crippen LogP contribution in [0.3, 0.4) is 0 Å². The van der Waals surface area contributed by atoms with Crippen molar-refractivity contribution in [2.75, 3.05) is 0 Å². The quantitative estimate of drug-likeness (QED) is 0.797.